The number of aromatic nitrogens is 3. The van der Waals surface area contributed by atoms with Gasteiger partial charge in [0.2, 0.25) is 0 Å². The maximum atomic E-state index is 12.5. The second-order valence-electron chi connectivity index (χ2n) is 6.31. The van der Waals surface area contributed by atoms with Gasteiger partial charge in [-0.05, 0) is 36.4 Å². The topological polar surface area (TPSA) is 77.3 Å². The van der Waals surface area contributed by atoms with Gasteiger partial charge in [-0.2, -0.15) is 4.68 Å². The Morgan fingerprint density at radius 1 is 0.862 bits per heavy atom. The molecule has 1 heterocycles. The lowest BCUT2D eigenvalue weighted by Gasteiger charge is -2.24. The molecule has 0 atom stereocenters. The van der Waals surface area contributed by atoms with Gasteiger partial charge in [0.1, 0.15) is 12.1 Å². The molecule has 144 valence electrons. The number of rotatable bonds is 6. The Morgan fingerprint density at radius 2 is 1.45 bits per heavy atom. The normalized spacial score (nSPS) is 10.6. The molecule has 29 heavy (non-hydrogen) atoms. The summed E-state index contributed by atoms with van der Waals surface area (Å²) in [4.78, 5) is 26.8. The van der Waals surface area contributed by atoms with Crippen molar-refractivity contribution in [1.29, 1.82) is 0 Å². The van der Waals surface area contributed by atoms with E-state index in [2.05, 4.69) is 10.3 Å². The average Bonchev–Trinajstić information content (AvgIpc) is 2.78. The summed E-state index contributed by atoms with van der Waals surface area (Å²) in [6.07, 6.45) is 0. The minimum atomic E-state index is -0.487. The fourth-order valence-electron chi connectivity index (χ4n) is 2.96. The molecule has 0 amide bonds. The van der Waals surface area contributed by atoms with Crippen LogP contribution in [-0.2, 0) is 16.3 Å². The molecule has 1 aromatic heterocycles. The maximum absolute atomic E-state index is 12.5. The number of fused-ring (bicyclic) bond motifs is 1. The first-order valence-electron chi connectivity index (χ1n) is 9.08. The first kappa shape index (κ1) is 18.4. The van der Waals surface area contributed by atoms with E-state index in [1.807, 2.05) is 65.6 Å². The molecule has 0 bridgehead atoms. The Morgan fingerprint density at radius 3 is 2.10 bits per heavy atom. The quantitative estimate of drug-likeness (QED) is 0.474. The molecule has 3 aromatic carbocycles. The van der Waals surface area contributed by atoms with E-state index < -0.39 is 5.97 Å². The van der Waals surface area contributed by atoms with E-state index in [0.29, 0.717) is 10.9 Å². The third kappa shape index (κ3) is 4.14. The molecule has 4 rings (SSSR count). The summed E-state index contributed by atoms with van der Waals surface area (Å²) in [5.74, 6) is -0.487. The molecule has 0 saturated heterocycles. The van der Waals surface area contributed by atoms with Crippen molar-refractivity contribution in [3.63, 3.8) is 0 Å². The van der Waals surface area contributed by atoms with Crippen LogP contribution in [0.15, 0.2) is 89.7 Å². The fourth-order valence-corrected chi connectivity index (χ4v) is 2.96. The van der Waals surface area contributed by atoms with Crippen LogP contribution in [0, 0.1) is 0 Å². The number of carbonyl (C=O) groups excluding carboxylic acids is 1. The summed E-state index contributed by atoms with van der Waals surface area (Å²) in [7, 11) is 0. The van der Waals surface area contributed by atoms with Gasteiger partial charge in [0, 0.05) is 11.4 Å². The number of para-hydroxylation sites is 2. The number of hydrogen-bond acceptors (Lipinski definition) is 6. The average molecular weight is 386 g/mol. The zero-order valence-corrected chi connectivity index (χ0v) is 15.5. The first-order valence-corrected chi connectivity index (χ1v) is 9.08. The third-order valence-corrected chi connectivity index (χ3v) is 4.40. The molecule has 0 spiro atoms. The van der Waals surface area contributed by atoms with Crippen LogP contribution in [0.1, 0.15) is 0 Å². The number of carbonyl (C=O) groups is 1. The number of benzene rings is 3. The lowest BCUT2D eigenvalue weighted by Crippen LogP contribution is -2.30. The minimum Gasteiger partial charge on any atom is -0.441 e. The molecule has 0 saturated carbocycles. The van der Waals surface area contributed by atoms with Crippen LogP contribution in [0.25, 0.3) is 10.9 Å². The molecule has 7 heteroatoms. The zero-order valence-electron chi connectivity index (χ0n) is 15.5. The predicted molar refractivity (Wildman–Crippen MR) is 110 cm³/mol. The Kier molecular flexibility index (Phi) is 5.29. The van der Waals surface area contributed by atoms with Crippen molar-refractivity contribution >= 4 is 28.2 Å². The number of ether oxygens (including phenoxy) is 1. The van der Waals surface area contributed by atoms with Gasteiger partial charge >= 0.3 is 5.97 Å². The highest BCUT2D eigenvalue weighted by Crippen LogP contribution is 2.24. The van der Waals surface area contributed by atoms with Crippen molar-refractivity contribution in [2.24, 2.45) is 0 Å². The SMILES string of the molecule is O=C(CN(c1ccccc1)c1ccccc1)OCn1nnc2ccccc2c1=O. The Labute approximate surface area is 166 Å². The highest BCUT2D eigenvalue weighted by atomic mass is 16.5. The zero-order chi connectivity index (χ0) is 20.1. The second-order valence-corrected chi connectivity index (χ2v) is 6.31. The van der Waals surface area contributed by atoms with Crippen molar-refractivity contribution in [2.45, 2.75) is 6.73 Å². The van der Waals surface area contributed by atoms with Gasteiger partial charge in [-0.25, -0.2) is 0 Å². The molecule has 0 radical (unpaired) electrons. The van der Waals surface area contributed by atoms with Crippen LogP contribution in [0.2, 0.25) is 0 Å². The van der Waals surface area contributed by atoms with Crippen LogP contribution in [0.4, 0.5) is 11.4 Å². The summed E-state index contributed by atoms with van der Waals surface area (Å²) in [6, 6.07) is 26.0. The van der Waals surface area contributed by atoms with E-state index in [1.54, 1.807) is 24.3 Å². The molecular formula is C22H18N4O3. The Hall–Kier alpha value is -4.00. The summed E-state index contributed by atoms with van der Waals surface area (Å²) in [5.41, 5.74) is 1.86. The number of anilines is 2. The highest BCUT2D eigenvalue weighted by molar-refractivity contribution is 5.80. The Balaban J connectivity index is 1.50. The van der Waals surface area contributed by atoms with Crippen molar-refractivity contribution in [3.8, 4) is 0 Å². The molecule has 0 N–H and O–H groups in total. The van der Waals surface area contributed by atoms with Crippen LogP contribution < -0.4 is 10.5 Å². The largest absolute Gasteiger partial charge is 0.441 e. The van der Waals surface area contributed by atoms with Crippen molar-refractivity contribution in [3.05, 3.63) is 95.3 Å². The predicted octanol–water partition coefficient (Wildman–Crippen LogP) is 3.13. The number of hydrogen-bond donors (Lipinski definition) is 0. The number of esters is 1. The molecule has 4 aromatic rings. The minimum absolute atomic E-state index is 0.0101. The Bertz CT molecular complexity index is 1140. The lowest BCUT2D eigenvalue weighted by atomic mass is 10.2. The van der Waals surface area contributed by atoms with Gasteiger partial charge in [-0.15, -0.1) is 5.10 Å². The molecule has 0 aliphatic rings. The molecule has 0 fully saturated rings. The monoisotopic (exact) mass is 386 g/mol. The van der Waals surface area contributed by atoms with E-state index in [-0.39, 0.29) is 18.8 Å². The van der Waals surface area contributed by atoms with E-state index in [9.17, 15) is 9.59 Å². The fraction of sp³-hybridized carbons (Fsp3) is 0.0909. The highest BCUT2D eigenvalue weighted by Gasteiger charge is 2.15. The lowest BCUT2D eigenvalue weighted by molar-refractivity contribution is -0.146. The van der Waals surface area contributed by atoms with Crippen LogP contribution >= 0.6 is 0 Å². The standard InChI is InChI=1S/C22H18N4O3/c27-21(29-16-26-22(28)19-13-7-8-14-20(19)23-24-26)15-25(17-9-3-1-4-10-17)18-11-5-2-6-12-18/h1-14H,15-16H2. The van der Waals surface area contributed by atoms with Crippen LogP contribution in [-0.4, -0.2) is 27.5 Å². The summed E-state index contributed by atoms with van der Waals surface area (Å²) >= 11 is 0. The van der Waals surface area contributed by atoms with Crippen LogP contribution in [0.3, 0.4) is 0 Å². The van der Waals surface area contributed by atoms with E-state index in [1.165, 1.54) is 0 Å². The molecule has 0 unspecified atom stereocenters. The van der Waals surface area contributed by atoms with Gasteiger partial charge in [0.25, 0.3) is 5.56 Å². The van der Waals surface area contributed by atoms with Gasteiger partial charge in [0.05, 0.1) is 5.39 Å². The maximum Gasteiger partial charge on any atom is 0.327 e. The summed E-state index contributed by atoms with van der Waals surface area (Å²) in [6.45, 7) is -0.309. The summed E-state index contributed by atoms with van der Waals surface area (Å²) < 4.78 is 6.35. The molecular weight excluding hydrogens is 368 g/mol. The molecule has 7 nitrogen and oxygen atoms in total. The van der Waals surface area contributed by atoms with Crippen molar-refractivity contribution in [1.82, 2.24) is 15.0 Å². The van der Waals surface area contributed by atoms with Gasteiger partial charge in [-0.1, -0.05) is 53.7 Å². The first-order chi connectivity index (χ1) is 14.2. The second kappa shape index (κ2) is 8.35. The number of nitrogens with zero attached hydrogens (tertiary/aromatic N) is 4. The van der Waals surface area contributed by atoms with Gasteiger partial charge in [0.15, 0.2) is 6.73 Å². The van der Waals surface area contributed by atoms with E-state index in [4.69, 9.17) is 4.74 Å². The summed E-state index contributed by atoms with van der Waals surface area (Å²) in [5, 5.41) is 8.25. The smallest absolute Gasteiger partial charge is 0.327 e. The van der Waals surface area contributed by atoms with E-state index >= 15 is 0 Å². The van der Waals surface area contributed by atoms with Gasteiger partial charge < -0.3 is 9.64 Å². The van der Waals surface area contributed by atoms with Gasteiger partial charge in [-0.3, -0.25) is 9.59 Å². The van der Waals surface area contributed by atoms with Crippen molar-refractivity contribution < 1.29 is 9.53 Å². The third-order valence-electron chi connectivity index (χ3n) is 4.40. The van der Waals surface area contributed by atoms with E-state index in [0.717, 1.165) is 16.1 Å². The molecule has 0 aliphatic carbocycles. The van der Waals surface area contributed by atoms with Crippen LogP contribution in [0.5, 0.6) is 0 Å². The van der Waals surface area contributed by atoms with Crippen molar-refractivity contribution in [2.75, 3.05) is 11.4 Å². The molecule has 0 aliphatic heterocycles.